The monoisotopic (exact) mass is 213 g/mol. The molecule has 14 heavy (non-hydrogen) atoms. The summed E-state index contributed by atoms with van der Waals surface area (Å²) in [5.41, 5.74) is 0. The predicted octanol–water partition coefficient (Wildman–Crippen LogP) is 0.426. The molecule has 1 rings (SSSR count). The van der Waals surface area contributed by atoms with Crippen LogP contribution in [-0.4, -0.2) is 38.1 Å². The number of halogens is 3. The highest BCUT2D eigenvalue weighted by Gasteiger charge is 2.39. The van der Waals surface area contributed by atoms with Gasteiger partial charge in [0.15, 0.2) is 0 Å². The first-order valence-corrected chi connectivity index (χ1v) is 3.98. The molecule has 82 valence electrons. The summed E-state index contributed by atoms with van der Waals surface area (Å²) >= 11 is 0. The Morgan fingerprint density at radius 3 is 2.64 bits per heavy atom. The first kappa shape index (κ1) is 11.3. The third kappa shape index (κ3) is 3.15. The molecule has 0 saturated carbocycles. The predicted molar refractivity (Wildman–Crippen MR) is 39.4 cm³/mol. The van der Waals surface area contributed by atoms with Gasteiger partial charge in [-0.25, -0.2) is 0 Å². The molecule has 1 aliphatic heterocycles. The second kappa shape index (κ2) is 4.14. The van der Waals surface area contributed by atoms with Gasteiger partial charge in [0.1, 0.15) is 6.04 Å². The third-order valence-electron chi connectivity index (χ3n) is 1.88. The van der Waals surface area contributed by atoms with Crippen LogP contribution in [0.3, 0.4) is 0 Å². The van der Waals surface area contributed by atoms with Crippen LogP contribution in [0.5, 0.6) is 0 Å². The molecule has 0 aromatic rings. The highest BCUT2D eigenvalue weighted by atomic mass is 19.4. The lowest BCUT2D eigenvalue weighted by molar-refractivity contribution is -0.340. The maximum Gasteiger partial charge on any atom is 0.522 e. The molecule has 0 radical (unpaired) electrons. The lowest BCUT2D eigenvalue weighted by atomic mass is 10.2. The van der Waals surface area contributed by atoms with Crippen LogP contribution in [0.2, 0.25) is 0 Å². The number of nitrogens with one attached hydrogen (secondary N) is 1. The Balaban J connectivity index is 2.38. The van der Waals surface area contributed by atoms with Crippen molar-refractivity contribution in [2.24, 2.45) is 0 Å². The van der Waals surface area contributed by atoms with Crippen LogP contribution in [0.25, 0.3) is 0 Å². The van der Waals surface area contributed by atoms with E-state index >= 15 is 0 Å². The summed E-state index contributed by atoms with van der Waals surface area (Å²) in [6, 6.07) is -0.702. The van der Waals surface area contributed by atoms with E-state index in [-0.39, 0.29) is 13.0 Å². The molecule has 2 atom stereocenters. The van der Waals surface area contributed by atoms with Crippen molar-refractivity contribution in [3.8, 4) is 0 Å². The lowest BCUT2D eigenvalue weighted by Crippen LogP contribution is -2.31. The van der Waals surface area contributed by atoms with Crippen molar-refractivity contribution >= 4 is 5.97 Å². The van der Waals surface area contributed by atoms with Gasteiger partial charge in [-0.3, -0.25) is 9.53 Å². The summed E-state index contributed by atoms with van der Waals surface area (Å²) in [4.78, 5) is 10.9. The zero-order valence-corrected chi connectivity index (χ0v) is 7.43. The number of esters is 1. The number of hydrogen-bond acceptors (Lipinski definition) is 4. The number of carbonyl (C=O) groups is 1. The summed E-state index contributed by atoms with van der Waals surface area (Å²) in [5.74, 6) is -0.571. The van der Waals surface area contributed by atoms with Gasteiger partial charge in [0, 0.05) is 13.0 Å². The molecular weight excluding hydrogens is 203 g/mol. The minimum Gasteiger partial charge on any atom is -0.468 e. The van der Waals surface area contributed by atoms with Gasteiger partial charge < -0.3 is 10.1 Å². The van der Waals surface area contributed by atoms with Crippen molar-refractivity contribution in [2.75, 3.05) is 13.7 Å². The topological polar surface area (TPSA) is 47.6 Å². The maximum absolute atomic E-state index is 11.8. The summed E-state index contributed by atoms with van der Waals surface area (Å²) in [7, 11) is 1.18. The largest absolute Gasteiger partial charge is 0.522 e. The molecule has 7 heteroatoms. The summed E-state index contributed by atoms with van der Waals surface area (Å²) in [6.07, 6.45) is -5.69. The van der Waals surface area contributed by atoms with Crippen LogP contribution >= 0.6 is 0 Å². The fraction of sp³-hybridized carbons (Fsp3) is 0.857. The molecule has 1 fully saturated rings. The number of ether oxygens (including phenoxy) is 2. The van der Waals surface area contributed by atoms with Crippen LogP contribution in [0.4, 0.5) is 13.2 Å². The van der Waals surface area contributed by atoms with Crippen LogP contribution in [0, 0.1) is 0 Å². The van der Waals surface area contributed by atoms with Crippen LogP contribution in [0.15, 0.2) is 0 Å². The van der Waals surface area contributed by atoms with Gasteiger partial charge >= 0.3 is 12.3 Å². The van der Waals surface area contributed by atoms with Crippen molar-refractivity contribution < 1.29 is 27.4 Å². The average Bonchev–Trinajstić information content (AvgIpc) is 2.48. The molecular formula is C7H10F3NO3. The van der Waals surface area contributed by atoms with Gasteiger partial charge in [-0.15, -0.1) is 13.2 Å². The molecule has 0 aliphatic carbocycles. The number of rotatable bonds is 2. The van der Waals surface area contributed by atoms with Gasteiger partial charge in [0.25, 0.3) is 0 Å². The van der Waals surface area contributed by atoms with Crippen LogP contribution in [0.1, 0.15) is 6.42 Å². The summed E-state index contributed by atoms with van der Waals surface area (Å²) < 4.78 is 43.4. The highest BCUT2D eigenvalue weighted by molar-refractivity contribution is 5.76. The quantitative estimate of drug-likeness (QED) is 0.675. The molecule has 1 aliphatic rings. The van der Waals surface area contributed by atoms with Crippen molar-refractivity contribution in [3.63, 3.8) is 0 Å². The number of hydrogen-bond donors (Lipinski definition) is 1. The van der Waals surface area contributed by atoms with Gasteiger partial charge in [0.2, 0.25) is 0 Å². The third-order valence-corrected chi connectivity index (χ3v) is 1.88. The van der Waals surface area contributed by atoms with Gasteiger partial charge in [-0.1, -0.05) is 0 Å². The van der Waals surface area contributed by atoms with E-state index in [1.165, 1.54) is 7.11 Å². The van der Waals surface area contributed by atoms with Crippen molar-refractivity contribution in [2.45, 2.75) is 24.9 Å². The lowest BCUT2D eigenvalue weighted by Gasteiger charge is -2.12. The Bertz CT molecular complexity index is 219. The molecule has 0 unspecified atom stereocenters. The zero-order valence-electron chi connectivity index (χ0n) is 7.43. The zero-order chi connectivity index (χ0) is 10.8. The first-order valence-electron chi connectivity index (χ1n) is 3.98. The molecule has 4 nitrogen and oxygen atoms in total. The van der Waals surface area contributed by atoms with E-state index in [9.17, 15) is 18.0 Å². The minimum absolute atomic E-state index is 0.000718. The highest BCUT2D eigenvalue weighted by Crippen LogP contribution is 2.23. The fourth-order valence-electron chi connectivity index (χ4n) is 1.30. The van der Waals surface area contributed by atoms with E-state index in [0.717, 1.165) is 0 Å². The molecule has 0 amide bonds. The van der Waals surface area contributed by atoms with E-state index < -0.39 is 24.5 Å². The number of carbonyl (C=O) groups excluding carboxylic acids is 1. The summed E-state index contributed by atoms with van der Waals surface area (Å²) in [6.45, 7) is -0.000718. The van der Waals surface area contributed by atoms with Gasteiger partial charge in [-0.05, 0) is 0 Å². The van der Waals surface area contributed by atoms with E-state index in [1.807, 2.05) is 0 Å². The average molecular weight is 213 g/mol. The van der Waals surface area contributed by atoms with Gasteiger partial charge in [-0.2, -0.15) is 0 Å². The molecule has 0 spiro atoms. The number of methoxy groups -OCH3 is 1. The number of alkyl halides is 3. The van der Waals surface area contributed by atoms with Crippen molar-refractivity contribution in [1.29, 1.82) is 0 Å². The van der Waals surface area contributed by atoms with E-state index in [1.54, 1.807) is 0 Å². The Hall–Kier alpha value is -0.820. The Kier molecular flexibility index (Phi) is 3.33. The first-order chi connectivity index (χ1) is 6.42. The molecule has 0 bridgehead atoms. The maximum atomic E-state index is 11.8. The van der Waals surface area contributed by atoms with E-state index in [2.05, 4.69) is 14.8 Å². The minimum atomic E-state index is -4.66. The molecule has 1 saturated heterocycles. The Morgan fingerprint density at radius 2 is 2.14 bits per heavy atom. The normalized spacial score (nSPS) is 27.7. The van der Waals surface area contributed by atoms with Gasteiger partial charge in [0.05, 0.1) is 13.2 Å². The second-order valence-corrected chi connectivity index (χ2v) is 2.91. The van der Waals surface area contributed by atoms with Crippen LogP contribution < -0.4 is 5.32 Å². The van der Waals surface area contributed by atoms with E-state index in [0.29, 0.717) is 0 Å². The molecule has 0 aromatic carbocycles. The van der Waals surface area contributed by atoms with Crippen molar-refractivity contribution in [3.05, 3.63) is 0 Å². The van der Waals surface area contributed by atoms with Crippen LogP contribution in [-0.2, 0) is 14.3 Å². The molecule has 1 heterocycles. The molecule has 1 N–H and O–H groups in total. The molecule has 0 aromatic heterocycles. The van der Waals surface area contributed by atoms with Crippen molar-refractivity contribution in [1.82, 2.24) is 5.32 Å². The fourth-order valence-corrected chi connectivity index (χ4v) is 1.30. The Labute approximate surface area is 78.4 Å². The second-order valence-electron chi connectivity index (χ2n) is 2.91. The SMILES string of the molecule is COC(=O)[C@H]1C[C@H](OC(F)(F)F)CN1. The standard InChI is InChI=1S/C7H10F3NO3/c1-13-6(12)5-2-4(3-11-5)14-7(8,9)10/h4-5,11H,2-3H2,1H3/t4-,5+/m0/s1. The summed E-state index contributed by atoms with van der Waals surface area (Å²) in [5, 5.41) is 2.58. The van der Waals surface area contributed by atoms with E-state index in [4.69, 9.17) is 0 Å². The smallest absolute Gasteiger partial charge is 0.468 e. The Morgan fingerprint density at radius 1 is 1.50 bits per heavy atom.